The van der Waals surface area contributed by atoms with Gasteiger partial charge in [-0.1, -0.05) is 20.8 Å². The van der Waals surface area contributed by atoms with Crippen molar-refractivity contribution < 1.29 is 19.0 Å². The van der Waals surface area contributed by atoms with Gasteiger partial charge in [-0.05, 0) is 35.2 Å². The van der Waals surface area contributed by atoms with E-state index in [0.29, 0.717) is 23.7 Å². The summed E-state index contributed by atoms with van der Waals surface area (Å²) in [7, 11) is 0. The zero-order valence-electron chi connectivity index (χ0n) is 20.2. The van der Waals surface area contributed by atoms with Crippen molar-refractivity contribution in [1.82, 2.24) is 19.7 Å². The van der Waals surface area contributed by atoms with E-state index >= 15 is 0 Å². The molecule has 36 heavy (non-hydrogen) atoms. The monoisotopic (exact) mass is 490 g/mol. The fourth-order valence-corrected chi connectivity index (χ4v) is 3.35. The Labute approximate surface area is 208 Å². The molecular weight excluding hydrogens is 463 g/mol. The average molecular weight is 491 g/mol. The maximum atomic E-state index is 14.7. The van der Waals surface area contributed by atoms with Crippen LogP contribution in [0, 0.1) is 5.82 Å². The fraction of sp³-hybridized carbons (Fsp3) is 0.231. The number of halogens is 1. The predicted octanol–water partition coefficient (Wildman–Crippen LogP) is 5.21. The van der Waals surface area contributed by atoms with E-state index < -0.39 is 11.8 Å². The summed E-state index contributed by atoms with van der Waals surface area (Å²) in [6, 6.07) is 8.78. The number of aliphatic hydroxyl groups excluding tert-OH is 1. The van der Waals surface area contributed by atoms with Crippen LogP contribution in [0.3, 0.4) is 0 Å². The second-order valence-electron chi connectivity index (χ2n) is 9.13. The average Bonchev–Trinajstić information content (AvgIpc) is 3.30. The van der Waals surface area contributed by atoms with E-state index in [4.69, 9.17) is 9.84 Å². The smallest absolute Gasteiger partial charge is 0.323 e. The molecule has 0 saturated carbocycles. The highest BCUT2D eigenvalue weighted by Gasteiger charge is 2.15. The fourth-order valence-electron chi connectivity index (χ4n) is 3.35. The molecule has 2 amide bonds. The SMILES string of the molecule is CC(C)(C)c1cncc(NC(=O)Nc2ccc(Oc3ccnc(-c4cnn(CCO)c4)c3)cc2F)c1. The van der Waals surface area contributed by atoms with E-state index in [-0.39, 0.29) is 23.5 Å². The van der Waals surface area contributed by atoms with Gasteiger partial charge >= 0.3 is 6.03 Å². The number of ether oxygens (including phenoxy) is 1. The van der Waals surface area contributed by atoms with Crippen LogP contribution in [0.1, 0.15) is 26.3 Å². The molecule has 0 saturated heterocycles. The van der Waals surface area contributed by atoms with Gasteiger partial charge in [0.15, 0.2) is 0 Å². The molecular formula is C26H27FN6O3. The standard InChI is InChI=1S/C26H27FN6O3/c1-26(2,3)18-10-19(15-28-14-18)31-25(35)32-23-5-4-20(11-22(23)27)36-21-6-7-29-24(12-21)17-13-30-33(16-17)8-9-34/h4-7,10-16,34H,8-9H2,1-3H3,(H2,31,32,35). The number of amides is 2. The number of carbonyl (C=O) groups is 1. The number of hydrogen-bond acceptors (Lipinski definition) is 6. The Hall–Kier alpha value is -4.31. The highest BCUT2D eigenvalue weighted by atomic mass is 19.1. The second-order valence-corrected chi connectivity index (χ2v) is 9.13. The van der Waals surface area contributed by atoms with Crippen molar-refractivity contribution in [3.05, 3.63) is 78.8 Å². The molecule has 0 radical (unpaired) electrons. The van der Waals surface area contributed by atoms with E-state index in [9.17, 15) is 9.18 Å². The quantitative estimate of drug-likeness (QED) is 0.328. The van der Waals surface area contributed by atoms with E-state index in [1.807, 2.05) is 26.8 Å². The zero-order chi connectivity index (χ0) is 25.7. The maximum Gasteiger partial charge on any atom is 0.323 e. The van der Waals surface area contributed by atoms with Crippen molar-refractivity contribution in [3.63, 3.8) is 0 Å². The van der Waals surface area contributed by atoms with Gasteiger partial charge in [0.05, 0.1) is 42.6 Å². The van der Waals surface area contributed by atoms with Crippen LogP contribution in [0.25, 0.3) is 11.3 Å². The summed E-state index contributed by atoms with van der Waals surface area (Å²) in [5.41, 5.74) is 2.74. The van der Waals surface area contributed by atoms with Crippen molar-refractivity contribution in [3.8, 4) is 22.8 Å². The number of hydrogen-bond donors (Lipinski definition) is 3. The van der Waals surface area contributed by atoms with Gasteiger partial charge < -0.3 is 20.5 Å². The summed E-state index contributed by atoms with van der Waals surface area (Å²) in [4.78, 5) is 20.9. The molecule has 3 heterocycles. The zero-order valence-corrected chi connectivity index (χ0v) is 20.2. The molecule has 0 bridgehead atoms. The molecule has 0 fully saturated rings. The Balaban J connectivity index is 1.41. The Kier molecular flexibility index (Phi) is 7.25. The highest BCUT2D eigenvalue weighted by molar-refractivity contribution is 5.99. The number of carbonyl (C=O) groups excluding carboxylic acids is 1. The van der Waals surface area contributed by atoms with Gasteiger partial charge in [0.25, 0.3) is 0 Å². The summed E-state index contributed by atoms with van der Waals surface area (Å²) >= 11 is 0. The first kappa shape index (κ1) is 24.8. The number of nitrogens with zero attached hydrogens (tertiary/aromatic N) is 4. The lowest BCUT2D eigenvalue weighted by Crippen LogP contribution is -2.21. The van der Waals surface area contributed by atoms with Crippen molar-refractivity contribution >= 4 is 17.4 Å². The summed E-state index contributed by atoms with van der Waals surface area (Å²) in [6.45, 7) is 6.51. The first-order valence-corrected chi connectivity index (χ1v) is 11.3. The number of anilines is 2. The van der Waals surface area contributed by atoms with Gasteiger partial charge in [-0.3, -0.25) is 14.6 Å². The van der Waals surface area contributed by atoms with Crippen LogP contribution in [0.2, 0.25) is 0 Å². The Morgan fingerprint density at radius 3 is 2.64 bits per heavy atom. The molecule has 0 aliphatic rings. The first-order chi connectivity index (χ1) is 17.2. The Bertz CT molecular complexity index is 1370. The third-order valence-corrected chi connectivity index (χ3v) is 5.28. The Morgan fingerprint density at radius 1 is 1.08 bits per heavy atom. The number of pyridine rings is 2. The van der Waals surface area contributed by atoms with Gasteiger partial charge in [-0.15, -0.1) is 0 Å². The minimum absolute atomic E-state index is 0.00602. The summed E-state index contributed by atoms with van der Waals surface area (Å²) in [5, 5.41) is 18.4. The van der Waals surface area contributed by atoms with Crippen LogP contribution in [0.4, 0.5) is 20.6 Å². The number of aliphatic hydroxyl groups is 1. The van der Waals surface area contributed by atoms with E-state index in [2.05, 4.69) is 25.7 Å². The van der Waals surface area contributed by atoms with Gasteiger partial charge in [-0.25, -0.2) is 9.18 Å². The number of nitrogens with one attached hydrogen (secondary N) is 2. The van der Waals surface area contributed by atoms with E-state index in [0.717, 1.165) is 11.1 Å². The van der Waals surface area contributed by atoms with Gasteiger partial charge in [0.2, 0.25) is 0 Å². The second kappa shape index (κ2) is 10.5. The van der Waals surface area contributed by atoms with E-state index in [1.165, 1.54) is 18.3 Å². The Morgan fingerprint density at radius 2 is 1.89 bits per heavy atom. The summed E-state index contributed by atoms with van der Waals surface area (Å²) in [6.07, 6.45) is 8.26. The third kappa shape index (κ3) is 6.22. The molecule has 10 heteroatoms. The largest absolute Gasteiger partial charge is 0.457 e. The molecule has 0 atom stereocenters. The van der Waals surface area contributed by atoms with Gasteiger partial charge in [0.1, 0.15) is 17.3 Å². The molecule has 0 unspecified atom stereocenters. The molecule has 186 valence electrons. The molecule has 0 aliphatic carbocycles. The van der Waals surface area contributed by atoms with Crippen LogP contribution >= 0.6 is 0 Å². The molecule has 4 rings (SSSR count). The van der Waals surface area contributed by atoms with Crippen LogP contribution < -0.4 is 15.4 Å². The molecule has 4 aromatic rings. The number of urea groups is 1. The molecule has 0 spiro atoms. The maximum absolute atomic E-state index is 14.7. The predicted molar refractivity (Wildman–Crippen MR) is 135 cm³/mol. The van der Waals surface area contributed by atoms with Crippen molar-refractivity contribution in [2.24, 2.45) is 0 Å². The van der Waals surface area contributed by atoms with Crippen LogP contribution in [0.15, 0.2) is 67.4 Å². The van der Waals surface area contributed by atoms with Crippen molar-refractivity contribution in [2.75, 3.05) is 17.2 Å². The summed E-state index contributed by atoms with van der Waals surface area (Å²) < 4.78 is 22.1. The van der Waals surface area contributed by atoms with Gasteiger partial charge in [0, 0.05) is 36.3 Å². The number of aromatic nitrogens is 4. The molecule has 3 N–H and O–H groups in total. The minimum atomic E-state index is -0.649. The van der Waals surface area contributed by atoms with Gasteiger partial charge in [-0.2, -0.15) is 5.10 Å². The first-order valence-electron chi connectivity index (χ1n) is 11.3. The molecule has 3 aromatic heterocycles. The topological polar surface area (TPSA) is 114 Å². The molecule has 0 aliphatic heterocycles. The van der Waals surface area contributed by atoms with Crippen molar-refractivity contribution in [2.45, 2.75) is 32.7 Å². The van der Waals surface area contributed by atoms with Crippen LogP contribution in [-0.4, -0.2) is 37.5 Å². The lowest BCUT2D eigenvalue weighted by Gasteiger charge is -2.19. The number of benzene rings is 1. The van der Waals surface area contributed by atoms with Crippen LogP contribution in [-0.2, 0) is 12.0 Å². The van der Waals surface area contributed by atoms with Crippen LogP contribution in [0.5, 0.6) is 11.5 Å². The minimum Gasteiger partial charge on any atom is -0.457 e. The van der Waals surface area contributed by atoms with Crippen molar-refractivity contribution in [1.29, 1.82) is 0 Å². The number of rotatable bonds is 7. The lowest BCUT2D eigenvalue weighted by molar-refractivity contribution is 0.262. The lowest BCUT2D eigenvalue weighted by atomic mass is 9.88. The molecule has 1 aromatic carbocycles. The third-order valence-electron chi connectivity index (χ3n) is 5.28. The molecule has 9 nitrogen and oxygen atoms in total. The van der Waals surface area contributed by atoms with E-state index in [1.54, 1.807) is 47.7 Å². The normalized spacial score (nSPS) is 11.2. The highest BCUT2D eigenvalue weighted by Crippen LogP contribution is 2.28. The summed E-state index contributed by atoms with van der Waals surface area (Å²) in [5.74, 6) is 0.0661.